The lowest BCUT2D eigenvalue weighted by atomic mass is 9.96. The maximum Gasteiger partial charge on any atom is 0.308 e. The molecular weight excluding hydrogens is 360 g/mol. The number of unbranched alkanes of at least 4 members (excludes halogenated alkanes) is 1. The number of hydrogen-bond donors (Lipinski definition) is 0. The zero-order valence-corrected chi connectivity index (χ0v) is 15.2. The van der Waals surface area contributed by atoms with Crippen LogP contribution in [0.15, 0.2) is 30.6 Å². The number of pyridine rings is 1. The van der Waals surface area contributed by atoms with E-state index in [4.69, 9.17) is 4.74 Å². The van der Waals surface area contributed by atoms with Crippen LogP contribution in [0.5, 0.6) is 0 Å². The van der Waals surface area contributed by atoms with E-state index in [9.17, 15) is 9.59 Å². The number of rotatable bonds is 6. The Bertz CT molecular complexity index is 488. The van der Waals surface area contributed by atoms with E-state index in [0.29, 0.717) is 19.5 Å². The van der Waals surface area contributed by atoms with Gasteiger partial charge in [0.05, 0.1) is 13.0 Å². The van der Waals surface area contributed by atoms with Crippen LogP contribution in [0.4, 0.5) is 0 Å². The van der Waals surface area contributed by atoms with E-state index in [-0.39, 0.29) is 34.8 Å². The van der Waals surface area contributed by atoms with Crippen molar-refractivity contribution >= 4 is 11.9 Å². The van der Waals surface area contributed by atoms with Crippen molar-refractivity contribution in [1.29, 1.82) is 0 Å². The summed E-state index contributed by atoms with van der Waals surface area (Å²) in [5.41, 5.74) is 0. The first-order chi connectivity index (χ1) is 10.7. The minimum absolute atomic E-state index is 0. The molecule has 1 aliphatic heterocycles. The summed E-state index contributed by atoms with van der Waals surface area (Å²) < 4.78 is 6.89. The van der Waals surface area contributed by atoms with Crippen LogP contribution in [-0.4, -0.2) is 37.0 Å². The summed E-state index contributed by atoms with van der Waals surface area (Å²) >= 11 is 0. The van der Waals surface area contributed by atoms with Crippen LogP contribution in [0.25, 0.3) is 0 Å². The molecule has 0 radical (unpaired) electrons. The summed E-state index contributed by atoms with van der Waals surface area (Å²) in [6.45, 7) is 2.29. The van der Waals surface area contributed by atoms with Crippen LogP contribution in [0, 0.1) is 5.92 Å². The smallest absolute Gasteiger partial charge is 0.308 e. The lowest BCUT2D eigenvalue weighted by Crippen LogP contribution is -3.00. The maximum absolute atomic E-state index is 12.2. The van der Waals surface area contributed by atoms with Gasteiger partial charge in [0.25, 0.3) is 0 Å². The molecule has 0 aromatic carbocycles. The predicted molar refractivity (Wildman–Crippen MR) is 81.8 cm³/mol. The number of carbonyl (C=O) groups excluding carboxylic acids is 2. The Labute approximate surface area is 148 Å². The number of aromatic nitrogens is 1. The average Bonchev–Trinajstić information content (AvgIpc) is 2.59. The summed E-state index contributed by atoms with van der Waals surface area (Å²) in [5, 5.41) is 0. The average molecular weight is 385 g/mol. The molecule has 0 aliphatic carbocycles. The maximum atomic E-state index is 12.2. The Morgan fingerprint density at radius 1 is 1.13 bits per heavy atom. The second-order valence-electron chi connectivity index (χ2n) is 5.75. The van der Waals surface area contributed by atoms with Crippen molar-refractivity contribution in [3.8, 4) is 0 Å². The van der Waals surface area contributed by atoms with E-state index < -0.39 is 0 Å². The molecule has 1 fully saturated rings. The largest absolute Gasteiger partial charge is 1.00 e. The fraction of sp³-hybridized carbons (Fsp3) is 0.588. The Hall–Kier alpha value is -1.43. The predicted octanol–water partition coefficient (Wildman–Crippen LogP) is -1.44. The van der Waals surface area contributed by atoms with Gasteiger partial charge >= 0.3 is 5.97 Å². The third kappa shape index (κ3) is 6.29. The molecule has 1 amide bonds. The van der Waals surface area contributed by atoms with Gasteiger partial charge in [-0.15, -0.1) is 0 Å². The number of halogens is 1. The first-order valence-corrected chi connectivity index (χ1v) is 8.00. The lowest BCUT2D eigenvalue weighted by Gasteiger charge is -2.30. The van der Waals surface area contributed by atoms with Crippen molar-refractivity contribution in [2.75, 3.05) is 20.2 Å². The second kappa shape index (κ2) is 10.4. The normalized spacial score (nSPS) is 14.9. The van der Waals surface area contributed by atoms with Gasteiger partial charge in [0.15, 0.2) is 12.4 Å². The molecular formula is C17H25BrN2O3. The van der Waals surface area contributed by atoms with E-state index in [1.807, 2.05) is 35.5 Å². The molecule has 0 unspecified atom stereocenters. The highest BCUT2D eigenvalue weighted by Crippen LogP contribution is 2.19. The third-order valence-corrected chi connectivity index (χ3v) is 4.22. The van der Waals surface area contributed by atoms with Gasteiger partial charge in [0.2, 0.25) is 5.91 Å². The van der Waals surface area contributed by atoms with E-state index in [0.717, 1.165) is 32.2 Å². The fourth-order valence-electron chi connectivity index (χ4n) is 2.84. The number of amides is 1. The van der Waals surface area contributed by atoms with Crippen molar-refractivity contribution in [1.82, 2.24) is 4.90 Å². The standard InChI is InChI=1S/C17H25N2O3.BrH/c1-22-17(21)15-8-13-19(14-9-15)16(20)7-3-6-12-18-10-4-2-5-11-18;/h2,4-5,10-11,15H,3,6-9,12-14H2,1H3;1H/q+1;/p-1. The van der Waals surface area contributed by atoms with Crippen molar-refractivity contribution in [2.45, 2.75) is 38.6 Å². The number of esters is 1. The summed E-state index contributed by atoms with van der Waals surface area (Å²) in [4.78, 5) is 25.5. The molecule has 2 rings (SSSR count). The van der Waals surface area contributed by atoms with Crippen LogP contribution in [0.3, 0.4) is 0 Å². The number of hydrogen-bond acceptors (Lipinski definition) is 3. The van der Waals surface area contributed by atoms with Crippen molar-refractivity contribution < 1.29 is 35.9 Å². The Kier molecular flexibility index (Phi) is 8.84. The van der Waals surface area contributed by atoms with Crippen LogP contribution in [0.1, 0.15) is 32.1 Å². The van der Waals surface area contributed by atoms with Gasteiger partial charge < -0.3 is 26.6 Å². The molecule has 0 N–H and O–H groups in total. The number of ether oxygens (including phenoxy) is 1. The molecule has 0 saturated carbocycles. The zero-order chi connectivity index (χ0) is 15.8. The van der Waals surface area contributed by atoms with Gasteiger partial charge in [-0.1, -0.05) is 6.07 Å². The Morgan fingerprint density at radius 2 is 1.78 bits per heavy atom. The summed E-state index contributed by atoms with van der Waals surface area (Å²) in [7, 11) is 1.42. The van der Waals surface area contributed by atoms with Gasteiger partial charge in [-0.2, -0.15) is 0 Å². The number of methoxy groups -OCH3 is 1. The SMILES string of the molecule is COC(=O)C1CCN(C(=O)CCCC[n+]2ccccc2)CC1.[Br-]. The number of carbonyl (C=O) groups is 2. The lowest BCUT2D eigenvalue weighted by molar-refractivity contribution is -0.697. The van der Waals surface area contributed by atoms with Gasteiger partial charge in [-0.3, -0.25) is 9.59 Å². The second-order valence-corrected chi connectivity index (χ2v) is 5.75. The van der Waals surface area contributed by atoms with E-state index >= 15 is 0 Å². The van der Waals surface area contributed by atoms with Crippen molar-refractivity contribution in [3.05, 3.63) is 30.6 Å². The van der Waals surface area contributed by atoms with Crippen LogP contribution in [0.2, 0.25) is 0 Å². The van der Waals surface area contributed by atoms with Crippen LogP contribution < -0.4 is 21.5 Å². The van der Waals surface area contributed by atoms with Gasteiger partial charge in [0.1, 0.15) is 6.54 Å². The number of nitrogens with zero attached hydrogens (tertiary/aromatic N) is 2. The fourth-order valence-corrected chi connectivity index (χ4v) is 2.84. The molecule has 0 spiro atoms. The number of likely N-dealkylation sites (tertiary alicyclic amines) is 1. The molecule has 0 atom stereocenters. The van der Waals surface area contributed by atoms with E-state index in [1.54, 1.807) is 0 Å². The molecule has 128 valence electrons. The highest BCUT2D eigenvalue weighted by atomic mass is 79.9. The molecule has 23 heavy (non-hydrogen) atoms. The Morgan fingerprint density at radius 3 is 2.39 bits per heavy atom. The number of piperidine rings is 1. The molecule has 1 aromatic heterocycles. The summed E-state index contributed by atoms with van der Waals surface area (Å²) in [6.07, 6.45) is 8.02. The van der Waals surface area contributed by atoms with E-state index in [1.165, 1.54) is 7.11 Å². The third-order valence-electron chi connectivity index (χ3n) is 4.22. The monoisotopic (exact) mass is 384 g/mol. The van der Waals surface area contributed by atoms with Gasteiger partial charge in [0, 0.05) is 38.1 Å². The van der Waals surface area contributed by atoms with Crippen LogP contribution in [-0.2, 0) is 20.9 Å². The van der Waals surface area contributed by atoms with Crippen LogP contribution >= 0.6 is 0 Å². The molecule has 1 aromatic rings. The first-order valence-electron chi connectivity index (χ1n) is 8.00. The highest BCUT2D eigenvalue weighted by Gasteiger charge is 2.27. The van der Waals surface area contributed by atoms with Gasteiger partial charge in [-0.25, -0.2) is 4.57 Å². The quantitative estimate of drug-likeness (QED) is 0.343. The molecule has 6 heteroatoms. The highest BCUT2D eigenvalue weighted by molar-refractivity contribution is 5.77. The summed E-state index contributed by atoms with van der Waals surface area (Å²) in [5.74, 6) is 0.0249. The molecule has 2 heterocycles. The number of aryl methyl sites for hydroxylation is 1. The van der Waals surface area contributed by atoms with E-state index in [2.05, 4.69) is 4.57 Å². The molecule has 1 saturated heterocycles. The minimum Gasteiger partial charge on any atom is -1.00 e. The molecule has 0 bridgehead atoms. The van der Waals surface area contributed by atoms with Gasteiger partial charge in [-0.05, 0) is 19.3 Å². The summed E-state index contributed by atoms with van der Waals surface area (Å²) in [6, 6.07) is 6.02. The minimum atomic E-state index is -0.146. The topological polar surface area (TPSA) is 50.5 Å². The van der Waals surface area contributed by atoms with Crippen molar-refractivity contribution in [3.63, 3.8) is 0 Å². The van der Waals surface area contributed by atoms with Crippen molar-refractivity contribution in [2.24, 2.45) is 5.92 Å². The molecule has 5 nitrogen and oxygen atoms in total. The molecule has 1 aliphatic rings. The Balaban J connectivity index is 0.00000264. The first kappa shape index (κ1) is 19.6. The zero-order valence-electron chi connectivity index (χ0n) is 13.6.